The largest absolute Gasteiger partial charge is 0.395 e. The number of carbonyl (C=O) groups is 1. The van der Waals surface area contributed by atoms with Crippen LogP contribution in [0.4, 0.5) is 0 Å². The van der Waals surface area contributed by atoms with E-state index < -0.39 is 0 Å². The molecule has 1 amide bonds. The molecule has 0 saturated carbocycles. The zero-order chi connectivity index (χ0) is 10.7. The van der Waals surface area contributed by atoms with Crippen LogP contribution in [0.1, 0.15) is 9.67 Å². The summed E-state index contributed by atoms with van der Waals surface area (Å²) >= 11 is 1.46. The van der Waals surface area contributed by atoms with Gasteiger partial charge in [0.15, 0.2) is 0 Å². The molecule has 1 aromatic heterocycles. The summed E-state index contributed by atoms with van der Waals surface area (Å²) in [6.07, 6.45) is 0. The van der Waals surface area contributed by atoms with Crippen LogP contribution in [0.3, 0.4) is 0 Å². The first kappa shape index (κ1) is 10.1. The van der Waals surface area contributed by atoms with E-state index in [1.54, 1.807) is 0 Å². The van der Waals surface area contributed by atoms with Crippen molar-refractivity contribution in [3.63, 3.8) is 0 Å². The monoisotopic (exact) mass is 221 g/mol. The topological polar surface area (TPSA) is 49.3 Å². The summed E-state index contributed by atoms with van der Waals surface area (Å²) in [5.41, 5.74) is 0. The van der Waals surface area contributed by atoms with Gasteiger partial charge in [0.2, 0.25) is 0 Å². The minimum atomic E-state index is -0.120. The Kier molecular flexibility index (Phi) is 2.99. The van der Waals surface area contributed by atoms with Crippen LogP contribution in [0.2, 0.25) is 0 Å². The molecule has 0 aliphatic heterocycles. The third-order valence-corrected chi connectivity index (χ3v) is 3.16. The normalized spacial score (nSPS) is 10.5. The third kappa shape index (κ3) is 2.16. The molecule has 0 aliphatic rings. The van der Waals surface area contributed by atoms with Crippen LogP contribution >= 0.6 is 11.3 Å². The molecule has 2 rings (SSSR count). The summed E-state index contributed by atoms with van der Waals surface area (Å²) in [5.74, 6) is -0.120. The van der Waals surface area contributed by atoms with Gasteiger partial charge in [-0.3, -0.25) is 4.79 Å². The van der Waals surface area contributed by atoms with Crippen molar-refractivity contribution >= 4 is 27.3 Å². The van der Waals surface area contributed by atoms with E-state index in [1.807, 2.05) is 30.3 Å². The Bertz CT molecular complexity index is 445. The molecule has 0 atom stereocenters. The summed E-state index contributed by atoms with van der Waals surface area (Å²) < 4.78 is 1.10. The maximum atomic E-state index is 11.6. The van der Waals surface area contributed by atoms with Crippen LogP contribution in [0.25, 0.3) is 10.1 Å². The number of hydrogen-bond donors (Lipinski definition) is 2. The van der Waals surface area contributed by atoms with E-state index in [4.69, 9.17) is 5.11 Å². The van der Waals surface area contributed by atoms with Gasteiger partial charge in [0, 0.05) is 11.2 Å². The first-order valence-corrected chi connectivity index (χ1v) is 5.50. The lowest BCUT2D eigenvalue weighted by Gasteiger charge is -1.98. The van der Waals surface area contributed by atoms with E-state index >= 15 is 0 Å². The van der Waals surface area contributed by atoms with Gasteiger partial charge in [-0.15, -0.1) is 11.3 Å². The maximum Gasteiger partial charge on any atom is 0.261 e. The third-order valence-electron chi connectivity index (χ3n) is 2.05. The predicted octanol–water partition coefficient (Wildman–Crippen LogP) is 1.62. The summed E-state index contributed by atoms with van der Waals surface area (Å²) in [6, 6.07) is 9.74. The Morgan fingerprint density at radius 3 is 2.93 bits per heavy atom. The van der Waals surface area contributed by atoms with Crippen LogP contribution in [0.15, 0.2) is 30.3 Å². The zero-order valence-electron chi connectivity index (χ0n) is 8.06. The van der Waals surface area contributed by atoms with Gasteiger partial charge in [-0.2, -0.15) is 0 Å². The Hall–Kier alpha value is -1.39. The molecular weight excluding hydrogens is 210 g/mol. The fraction of sp³-hybridized carbons (Fsp3) is 0.182. The van der Waals surface area contributed by atoms with Gasteiger partial charge in [0.1, 0.15) is 0 Å². The molecule has 4 heteroatoms. The first-order valence-electron chi connectivity index (χ1n) is 4.69. The molecule has 15 heavy (non-hydrogen) atoms. The SMILES string of the molecule is O=C(NCCO)c1cc2ccccc2s1. The Labute approximate surface area is 91.4 Å². The van der Waals surface area contributed by atoms with Gasteiger partial charge in [-0.05, 0) is 17.5 Å². The standard InChI is InChI=1S/C11H11NO2S/c13-6-5-12-11(14)10-7-8-3-1-2-4-9(8)15-10/h1-4,7,13H,5-6H2,(H,12,14). The van der Waals surface area contributed by atoms with Crippen LogP contribution in [0.5, 0.6) is 0 Å². The number of carbonyl (C=O) groups excluding carboxylic acids is 1. The summed E-state index contributed by atoms with van der Waals surface area (Å²) in [7, 11) is 0. The van der Waals surface area contributed by atoms with Crippen molar-refractivity contribution in [3.05, 3.63) is 35.2 Å². The molecule has 0 saturated heterocycles. The number of hydrogen-bond acceptors (Lipinski definition) is 3. The average molecular weight is 221 g/mol. The summed E-state index contributed by atoms with van der Waals surface area (Å²) in [5, 5.41) is 12.3. The molecule has 0 spiro atoms. The van der Waals surface area contributed by atoms with Crippen LogP contribution in [-0.4, -0.2) is 24.2 Å². The predicted molar refractivity (Wildman–Crippen MR) is 61.2 cm³/mol. The van der Waals surface area contributed by atoms with Crippen molar-refractivity contribution < 1.29 is 9.90 Å². The van der Waals surface area contributed by atoms with Gasteiger partial charge >= 0.3 is 0 Å². The van der Waals surface area contributed by atoms with E-state index in [0.29, 0.717) is 11.4 Å². The molecule has 0 radical (unpaired) electrons. The highest BCUT2D eigenvalue weighted by Crippen LogP contribution is 2.24. The van der Waals surface area contributed by atoms with E-state index in [-0.39, 0.29) is 12.5 Å². The van der Waals surface area contributed by atoms with Gasteiger partial charge in [-0.25, -0.2) is 0 Å². The van der Waals surface area contributed by atoms with Gasteiger partial charge in [-0.1, -0.05) is 18.2 Å². The lowest BCUT2D eigenvalue weighted by molar-refractivity contribution is 0.0949. The van der Waals surface area contributed by atoms with Crippen LogP contribution in [-0.2, 0) is 0 Å². The minimum absolute atomic E-state index is 0.0311. The van der Waals surface area contributed by atoms with E-state index in [2.05, 4.69) is 5.32 Å². The molecule has 2 N–H and O–H groups in total. The second kappa shape index (κ2) is 4.42. The van der Waals surface area contributed by atoms with Crippen molar-refractivity contribution in [1.82, 2.24) is 5.32 Å². The quantitative estimate of drug-likeness (QED) is 0.827. The van der Waals surface area contributed by atoms with Crippen molar-refractivity contribution in [2.24, 2.45) is 0 Å². The highest BCUT2D eigenvalue weighted by molar-refractivity contribution is 7.20. The fourth-order valence-corrected chi connectivity index (χ4v) is 2.33. The molecule has 1 heterocycles. The van der Waals surface area contributed by atoms with Crippen LogP contribution < -0.4 is 5.32 Å². The summed E-state index contributed by atoms with van der Waals surface area (Å²) in [4.78, 5) is 12.2. The lowest BCUT2D eigenvalue weighted by Crippen LogP contribution is -2.25. The van der Waals surface area contributed by atoms with Gasteiger partial charge in [0.25, 0.3) is 5.91 Å². The number of fused-ring (bicyclic) bond motifs is 1. The number of benzene rings is 1. The average Bonchev–Trinajstić information content (AvgIpc) is 2.69. The number of nitrogens with one attached hydrogen (secondary N) is 1. The molecule has 1 aromatic carbocycles. The maximum absolute atomic E-state index is 11.6. The molecule has 0 unspecified atom stereocenters. The number of rotatable bonds is 3. The molecule has 0 fully saturated rings. The molecular formula is C11H11NO2S. The second-order valence-corrected chi connectivity index (χ2v) is 4.21. The van der Waals surface area contributed by atoms with Gasteiger partial charge in [0.05, 0.1) is 11.5 Å². The smallest absolute Gasteiger partial charge is 0.261 e. The Balaban J connectivity index is 2.25. The Morgan fingerprint density at radius 2 is 2.20 bits per heavy atom. The molecule has 0 aliphatic carbocycles. The van der Waals surface area contributed by atoms with Gasteiger partial charge < -0.3 is 10.4 Å². The molecule has 0 bridgehead atoms. The Morgan fingerprint density at radius 1 is 1.40 bits per heavy atom. The van der Waals surface area contributed by atoms with Crippen molar-refractivity contribution in [2.45, 2.75) is 0 Å². The lowest BCUT2D eigenvalue weighted by atomic mass is 10.2. The van der Waals surface area contributed by atoms with Crippen molar-refractivity contribution in [2.75, 3.05) is 13.2 Å². The zero-order valence-corrected chi connectivity index (χ0v) is 8.88. The van der Waals surface area contributed by atoms with E-state index in [1.165, 1.54) is 11.3 Å². The fourth-order valence-electron chi connectivity index (χ4n) is 1.35. The first-order chi connectivity index (χ1) is 7.31. The number of aliphatic hydroxyl groups excluding tert-OH is 1. The van der Waals surface area contributed by atoms with Crippen molar-refractivity contribution in [1.29, 1.82) is 0 Å². The van der Waals surface area contributed by atoms with E-state index in [0.717, 1.165) is 10.1 Å². The molecule has 2 aromatic rings. The van der Waals surface area contributed by atoms with E-state index in [9.17, 15) is 4.79 Å². The second-order valence-electron chi connectivity index (χ2n) is 3.13. The minimum Gasteiger partial charge on any atom is -0.395 e. The highest BCUT2D eigenvalue weighted by atomic mass is 32.1. The number of aliphatic hydroxyl groups is 1. The summed E-state index contributed by atoms with van der Waals surface area (Å²) in [6.45, 7) is 0.268. The molecule has 3 nitrogen and oxygen atoms in total. The number of amides is 1. The highest BCUT2D eigenvalue weighted by Gasteiger charge is 2.08. The molecule has 78 valence electrons. The van der Waals surface area contributed by atoms with Crippen LogP contribution in [0, 0.1) is 0 Å². The number of thiophene rings is 1. The van der Waals surface area contributed by atoms with Crippen molar-refractivity contribution in [3.8, 4) is 0 Å².